The van der Waals surface area contributed by atoms with Gasteiger partial charge in [0.15, 0.2) is 5.82 Å². The summed E-state index contributed by atoms with van der Waals surface area (Å²) in [6.45, 7) is 2.13. The maximum absolute atomic E-state index is 13.0. The number of nitrogens with two attached hydrogens (primary N) is 1. The van der Waals surface area contributed by atoms with E-state index in [1.165, 1.54) is 18.5 Å². The average Bonchev–Trinajstić information content (AvgIpc) is 3.19. The van der Waals surface area contributed by atoms with Crippen molar-refractivity contribution < 1.29 is 9.50 Å². The summed E-state index contributed by atoms with van der Waals surface area (Å²) in [5.74, 6) is 1.18. The van der Waals surface area contributed by atoms with E-state index in [0.29, 0.717) is 18.9 Å². The molecule has 1 aromatic carbocycles. The zero-order valence-electron chi connectivity index (χ0n) is 14.1. The maximum atomic E-state index is 13.0. The molecule has 0 amide bonds. The Morgan fingerprint density at radius 1 is 1.27 bits per heavy atom. The number of fused-ring (bicyclic) bond motifs is 1. The van der Waals surface area contributed by atoms with Gasteiger partial charge in [-0.3, -0.25) is 4.90 Å². The number of benzene rings is 1. The lowest BCUT2D eigenvalue weighted by molar-refractivity contribution is 0.149. The normalized spacial score (nSPS) is 20.8. The van der Waals surface area contributed by atoms with E-state index >= 15 is 0 Å². The second-order valence-electron chi connectivity index (χ2n) is 6.58. The van der Waals surface area contributed by atoms with Gasteiger partial charge >= 0.3 is 0 Å². The van der Waals surface area contributed by atoms with E-state index in [4.69, 9.17) is 5.73 Å². The third-order valence-corrected chi connectivity index (χ3v) is 5.93. The van der Waals surface area contributed by atoms with Crippen molar-refractivity contribution in [1.82, 2.24) is 19.9 Å². The topological polar surface area (TPSA) is 91.1 Å². The number of nitrogens with zero attached hydrogens (tertiary/aromatic N) is 3. The van der Waals surface area contributed by atoms with Gasteiger partial charge in [0.2, 0.25) is 0 Å². The summed E-state index contributed by atoms with van der Waals surface area (Å²) >= 11 is 1.65. The minimum atomic E-state index is -0.368. The molecule has 0 spiro atoms. The van der Waals surface area contributed by atoms with Crippen molar-refractivity contribution in [3.05, 3.63) is 48.2 Å². The number of rotatable bonds is 5. The zero-order chi connectivity index (χ0) is 18.1. The van der Waals surface area contributed by atoms with Gasteiger partial charge in [-0.1, -0.05) is 0 Å². The van der Waals surface area contributed by atoms with E-state index in [0.717, 1.165) is 33.8 Å². The van der Waals surface area contributed by atoms with Crippen molar-refractivity contribution in [2.24, 2.45) is 5.92 Å². The highest BCUT2D eigenvalue weighted by Crippen LogP contribution is 2.28. The van der Waals surface area contributed by atoms with E-state index in [2.05, 4.69) is 19.9 Å². The first-order chi connectivity index (χ1) is 12.6. The Morgan fingerprint density at radius 3 is 2.88 bits per heavy atom. The van der Waals surface area contributed by atoms with Gasteiger partial charge < -0.3 is 15.8 Å². The lowest BCUT2D eigenvalue weighted by atomic mass is 10.1. The molecule has 4 N–H and O–H groups in total. The first-order valence-electron chi connectivity index (χ1n) is 8.45. The Hall–Kier alpha value is -2.16. The van der Waals surface area contributed by atoms with Crippen LogP contribution in [0.15, 0.2) is 41.7 Å². The molecule has 1 fully saturated rings. The highest BCUT2D eigenvalue weighted by Gasteiger charge is 2.31. The molecule has 1 saturated heterocycles. The number of nitrogen functional groups attached to an aromatic ring is 1. The Kier molecular flexibility index (Phi) is 4.80. The molecule has 8 heteroatoms. The molecule has 0 aliphatic carbocycles. The molecule has 2 aromatic heterocycles. The first-order valence-corrected chi connectivity index (χ1v) is 9.44. The molecule has 1 aliphatic rings. The molecule has 136 valence electrons. The SMILES string of the molecule is Nc1ncnc2c(CN3C[C@@H](CSc4ccc(F)cc4)[C@@H](O)C3)c[nH]c12. The Morgan fingerprint density at radius 2 is 2.08 bits per heavy atom. The predicted octanol–water partition coefficient (Wildman–Crippen LogP) is 2.26. The number of H-pyrrole nitrogens is 1. The van der Waals surface area contributed by atoms with Crippen molar-refractivity contribution in [2.45, 2.75) is 17.5 Å². The number of hydrogen-bond donors (Lipinski definition) is 3. The van der Waals surface area contributed by atoms with Gasteiger partial charge in [0.1, 0.15) is 17.7 Å². The summed E-state index contributed by atoms with van der Waals surface area (Å²) in [4.78, 5) is 14.7. The van der Waals surface area contributed by atoms with Crippen LogP contribution in [0.5, 0.6) is 0 Å². The van der Waals surface area contributed by atoms with Crippen LogP contribution in [0.3, 0.4) is 0 Å². The Bertz CT molecular complexity index is 900. The number of thioether (sulfide) groups is 1. The summed E-state index contributed by atoms with van der Waals surface area (Å²) in [6, 6.07) is 6.47. The van der Waals surface area contributed by atoms with Gasteiger partial charge in [0.25, 0.3) is 0 Å². The first kappa shape index (κ1) is 17.3. The van der Waals surface area contributed by atoms with E-state index in [-0.39, 0.29) is 17.8 Å². The molecule has 1 aliphatic heterocycles. The number of aliphatic hydroxyl groups excluding tert-OH is 1. The monoisotopic (exact) mass is 373 g/mol. The number of anilines is 1. The number of nitrogens with one attached hydrogen (secondary N) is 1. The summed E-state index contributed by atoms with van der Waals surface area (Å²) in [6.07, 6.45) is 3.01. The van der Waals surface area contributed by atoms with Crippen LogP contribution in [0, 0.1) is 11.7 Å². The van der Waals surface area contributed by atoms with Crippen LogP contribution in [-0.2, 0) is 6.54 Å². The highest BCUT2D eigenvalue weighted by atomic mass is 32.2. The van der Waals surface area contributed by atoms with Gasteiger partial charge in [-0.05, 0) is 24.3 Å². The number of β-amino-alcohol motifs (C(OH)–C–C–N with tert-alkyl or cyclic N) is 1. The fourth-order valence-electron chi connectivity index (χ4n) is 3.34. The summed E-state index contributed by atoms with van der Waals surface area (Å²) in [5, 5.41) is 10.4. The third-order valence-electron chi connectivity index (χ3n) is 4.73. The highest BCUT2D eigenvalue weighted by molar-refractivity contribution is 7.99. The lowest BCUT2D eigenvalue weighted by Crippen LogP contribution is -2.21. The Labute approximate surface area is 154 Å². The van der Waals surface area contributed by atoms with Crippen LogP contribution < -0.4 is 5.73 Å². The van der Waals surface area contributed by atoms with Gasteiger partial charge in [-0.25, -0.2) is 14.4 Å². The van der Waals surface area contributed by atoms with Crippen LogP contribution in [-0.4, -0.2) is 49.9 Å². The molecule has 3 aromatic rings. The molecule has 0 radical (unpaired) electrons. The minimum absolute atomic E-state index is 0.176. The lowest BCUT2D eigenvalue weighted by Gasteiger charge is -2.15. The maximum Gasteiger partial charge on any atom is 0.151 e. The van der Waals surface area contributed by atoms with Crippen molar-refractivity contribution in [1.29, 1.82) is 0 Å². The fourth-order valence-corrected chi connectivity index (χ4v) is 4.41. The van der Waals surface area contributed by atoms with Crippen LogP contribution in [0.25, 0.3) is 11.0 Å². The molecule has 0 unspecified atom stereocenters. The fraction of sp³-hybridized carbons (Fsp3) is 0.333. The number of aliphatic hydroxyl groups is 1. The number of hydrogen-bond acceptors (Lipinski definition) is 6. The van der Waals surface area contributed by atoms with E-state index in [1.807, 2.05) is 6.20 Å². The van der Waals surface area contributed by atoms with Crippen LogP contribution in [0.2, 0.25) is 0 Å². The molecule has 6 nitrogen and oxygen atoms in total. The molecule has 0 saturated carbocycles. The molecule has 0 bridgehead atoms. The number of aromatic nitrogens is 3. The zero-order valence-corrected chi connectivity index (χ0v) is 14.9. The van der Waals surface area contributed by atoms with Crippen molar-refractivity contribution in [3.63, 3.8) is 0 Å². The second-order valence-corrected chi connectivity index (χ2v) is 7.68. The number of likely N-dealkylation sites (tertiary alicyclic amines) is 1. The van der Waals surface area contributed by atoms with E-state index < -0.39 is 0 Å². The number of aromatic amines is 1. The van der Waals surface area contributed by atoms with Crippen LogP contribution >= 0.6 is 11.8 Å². The molecular formula is C18H20FN5OS. The second kappa shape index (κ2) is 7.22. The van der Waals surface area contributed by atoms with Gasteiger partial charge in [0, 0.05) is 48.0 Å². The molecule has 26 heavy (non-hydrogen) atoms. The van der Waals surface area contributed by atoms with Crippen molar-refractivity contribution in [2.75, 3.05) is 24.6 Å². The molecular weight excluding hydrogens is 353 g/mol. The van der Waals surface area contributed by atoms with Crippen molar-refractivity contribution in [3.8, 4) is 0 Å². The van der Waals surface area contributed by atoms with Gasteiger partial charge in [-0.2, -0.15) is 0 Å². The predicted molar refractivity (Wildman–Crippen MR) is 100 cm³/mol. The smallest absolute Gasteiger partial charge is 0.151 e. The van der Waals surface area contributed by atoms with Gasteiger partial charge in [-0.15, -0.1) is 11.8 Å². The minimum Gasteiger partial charge on any atom is -0.391 e. The van der Waals surface area contributed by atoms with Crippen LogP contribution in [0.1, 0.15) is 5.56 Å². The standard InChI is InChI=1S/C18H20FN5OS/c19-13-1-3-14(4-2-13)26-9-12-7-24(8-15(12)25)6-11-5-21-17-16(11)22-10-23-18(17)20/h1-5,10,12,15,21,25H,6-9H2,(H2,20,22,23)/t12-,15-/m0/s1. The quantitative estimate of drug-likeness (QED) is 0.595. The summed E-state index contributed by atoms with van der Waals surface area (Å²) in [5.41, 5.74) is 8.50. The van der Waals surface area contributed by atoms with Crippen molar-refractivity contribution >= 4 is 28.6 Å². The molecule has 4 rings (SSSR count). The van der Waals surface area contributed by atoms with Gasteiger partial charge in [0.05, 0.1) is 11.6 Å². The third kappa shape index (κ3) is 3.53. The largest absolute Gasteiger partial charge is 0.391 e. The summed E-state index contributed by atoms with van der Waals surface area (Å²) < 4.78 is 13.0. The average molecular weight is 373 g/mol. The summed E-state index contributed by atoms with van der Waals surface area (Å²) in [7, 11) is 0. The molecule has 3 heterocycles. The van der Waals surface area contributed by atoms with E-state index in [9.17, 15) is 9.50 Å². The van der Waals surface area contributed by atoms with E-state index in [1.54, 1.807) is 23.9 Å². The molecule has 2 atom stereocenters. The number of halogens is 1. The van der Waals surface area contributed by atoms with Crippen LogP contribution in [0.4, 0.5) is 10.2 Å². The Balaban J connectivity index is 1.38.